The summed E-state index contributed by atoms with van der Waals surface area (Å²) >= 11 is 1.33. The molecule has 0 fully saturated rings. The van der Waals surface area contributed by atoms with Crippen LogP contribution in [0, 0.1) is 13.8 Å². The van der Waals surface area contributed by atoms with Gasteiger partial charge < -0.3 is 10.1 Å². The van der Waals surface area contributed by atoms with Crippen LogP contribution in [0.4, 0.5) is 0 Å². The monoisotopic (exact) mass is 362 g/mol. The first kappa shape index (κ1) is 19.0. The number of carbonyl (C=O) groups is 2. The largest absolute Gasteiger partial charge is 0.469 e. The van der Waals surface area contributed by atoms with E-state index >= 15 is 0 Å². The predicted molar refractivity (Wildman–Crippen MR) is 95.8 cm³/mol. The van der Waals surface area contributed by atoms with Crippen molar-refractivity contribution in [2.24, 2.45) is 0 Å². The molecule has 0 unspecified atom stereocenters. The third-order valence-corrected chi connectivity index (χ3v) is 4.52. The summed E-state index contributed by atoms with van der Waals surface area (Å²) in [7, 11) is 1.35. The number of benzene rings is 1. The first-order valence-electron chi connectivity index (χ1n) is 7.97. The normalized spacial score (nSPS) is 10.5. The second kappa shape index (κ2) is 9.22. The minimum atomic E-state index is -0.273. The molecule has 7 nitrogen and oxygen atoms in total. The molecule has 0 aliphatic heterocycles. The van der Waals surface area contributed by atoms with E-state index < -0.39 is 0 Å². The number of nitrogens with zero attached hydrogens (tertiary/aromatic N) is 3. The Morgan fingerprint density at radius 1 is 1.24 bits per heavy atom. The number of ether oxygens (including phenoxy) is 1. The number of rotatable bonds is 8. The number of thioether (sulfide) groups is 1. The van der Waals surface area contributed by atoms with Gasteiger partial charge in [0.15, 0.2) is 5.16 Å². The molecule has 8 heteroatoms. The summed E-state index contributed by atoms with van der Waals surface area (Å²) in [4.78, 5) is 23.0. The van der Waals surface area contributed by atoms with E-state index in [2.05, 4.69) is 20.3 Å². The molecule has 0 aliphatic carbocycles. The second-order valence-corrected chi connectivity index (χ2v) is 6.41. The molecule has 134 valence electrons. The van der Waals surface area contributed by atoms with Crippen molar-refractivity contribution in [2.75, 3.05) is 19.4 Å². The number of hydrogen-bond acceptors (Lipinski definition) is 6. The van der Waals surface area contributed by atoms with E-state index in [1.54, 1.807) is 0 Å². The van der Waals surface area contributed by atoms with Crippen LogP contribution in [0.15, 0.2) is 29.4 Å². The Hall–Kier alpha value is -2.35. The third kappa shape index (κ3) is 5.32. The van der Waals surface area contributed by atoms with Gasteiger partial charge in [0.05, 0.1) is 18.6 Å². The lowest BCUT2D eigenvalue weighted by Gasteiger charge is -2.11. The summed E-state index contributed by atoms with van der Waals surface area (Å²) < 4.78 is 6.50. The quantitative estimate of drug-likeness (QED) is 0.439. The van der Waals surface area contributed by atoms with Gasteiger partial charge in [0.25, 0.3) is 0 Å². The van der Waals surface area contributed by atoms with Gasteiger partial charge in [-0.15, -0.1) is 10.2 Å². The van der Waals surface area contributed by atoms with Crippen molar-refractivity contribution in [1.82, 2.24) is 20.1 Å². The van der Waals surface area contributed by atoms with Crippen LogP contribution in [-0.4, -0.2) is 46.0 Å². The molecule has 1 aromatic carbocycles. The number of aromatic nitrogens is 3. The van der Waals surface area contributed by atoms with Gasteiger partial charge in [-0.3, -0.25) is 14.2 Å². The van der Waals surface area contributed by atoms with Gasteiger partial charge in [-0.2, -0.15) is 0 Å². The first-order chi connectivity index (χ1) is 12.0. The fourth-order valence-electron chi connectivity index (χ4n) is 2.27. The highest BCUT2D eigenvalue weighted by molar-refractivity contribution is 7.99. The Balaban J connectivity index is 1.91. The molecule has 0 saturated carbocycles. The Morgan fingerprint density at radius 2 is 2.00 bits per heavy atom. The zero-order chi connectivity index (χ0) is 18.2. The van der Waals surface area contributed by atoms with Gasteiger partial charge in [-0.05, 0) is 31.9 Å². The molecule has 2 rings (SSSR count). The molecular formula is C17H22N4O3S. The smallest absolute Gasteiger partial charge is 0.305 e. The van der Waals surface area contributed by atoms with Crippen molar-refractivity contribution in [2.45, 2.75) is 31.8 Å². The Kier molecular flexibility index (Phi) is 7.00. The van der Waals surface area contributed by atoms with Crippen LogP contribution in [0.3, 0.4) is 0 Å². The number of aryl methyl sites for hydroxylation is 2. The minimum absolute atomic E-state index is 0.105. The van der Waals surface area contributed by atoms with Crippen molar-refractivity contribution in [3.8, 4) is 5.69 Å². The van der Waals surface area contributed by atoms with E-state index in [0.29, 0.717) is 24.5 Å². The van der Waals surface area contributed by atoms with Crippen molar-refractivity contribution < 1.29 is 14.3 Å². The number of methoxy groups -OCH3 is 1. The molecule has 0 atom stereocenters. The first-order valence-corrected chi connectivity index (χ1v) is 8.96. The number of esters is 1. The van der Waals surface area contributed by atoms with E-state index in [0.717, 1.165) is 17.1 Å². The summed E-state index contributed by atoms with van der Waals surface area (Å²) in [5, 5.41) is 11.8. The van der Waals surface area contributed by atoms with Crippen LogP contribution in [0.2, 0.25) is 0 Å². The maximum Gasteiger partial charge on any atom is 0.305 e. The molecule has 25 heavy (non-hydrogen) atoms. The Morgan fingerprint density at radius 3 is 2.72 bits per heavy atom. The lowest BCUT2D eigenvalue weighted by molar-refractivity contribution is -0.140. The van der Waals surface area contributed by atoms with Gasteiger partial charge in [0, 0.05) is 13.0 Å². The highest BCUT2D eigenvalue weighted by Crippen LogP contribution is 2.23. The second-order valence-electron chi connectivity index (χ2n) is 5.47. The summed E-state index contributed by atoms with van der Waals surface area (Å²) in [6.45, 7) is 4.35. The maximum absolute atomic E-state index is 11.9. The van der Waals surface area contributed by atoms with E-state index in [4.69, 9.17) is 0 Å². The summed E-state index contributed by atoms with van der Waals surface area (Å²) in [6.07, 6.45) is 0.853. The fourth-order valence-corrected chi connectivity index (χ4v) is 3.09. The molecule has 1 aromatic heterocycles. The van der Waals surface area contributed by atoms with Gasteiger partial charge in [-0.1, -0.05) is 30.0 Å². The van der Waals surface area contributed by atoms with Crippen LogP contribution in [0.5, 0.6) is 0 Å². The standard InChI is InChI=1S/C17H22N4O3S/c1-12-7-4-5-8-14(12)21-13(2)19-20-17(21)25-11-15(22)18-10-6-9-16(23)24-3/h4-5,7-8H,6,9-11H2,1-3H3,(H,18,22). The van der Waals surface area contributed by atoms with Crippen molar-refractivity contribution >= 4 is 23.6 Å². The van der Waals surface area contributed by atoms with Crippen molar-refractivity contribution in [3.05, 3.63) is 35.7 Å². The molecule has 1 N–H and O–H groups in total. The van der Waals surface area contributed by atoms with Gasteiger partial charge in [0.1, 0.15) is 5.82 Å². The zero-order valence-electron chi connectivity index (χ0n) is 14.6. The lowest BCUT2D eigenvalue weighted by atomic mass is 10.2. The number of amides is 1. The highest BCUT2D eigenvalue weighted by Gasteiger charge is 2.14. The Labute approximate surface area is 151 Å². The van der Waals surface area contributed by atoms with Crippen molar-refractivity contribution in [3.63, 3.8) is 0 Å². The average Bonchev–Trinajstić information content (AvgIpc) is 2.97. The Bertz CT molecular complexity index is 745. The highest BCUT2D eigenvalue weighted by atomic mass is 32.2. The van der Waals surface area contributed by atoms with E-state index in [-0.39, 0.29) is 17.6 Å². The summed E-state index contributed by atoms with van der Waals surface area (Å²) in [5.74, 6) is 0.634. The SMILES string of the molecule is COC(=O)CCCNC(=O)CSc1nnc(C)n1-c1ccccc1C. The predicted octanol–water partition coefficient (Wildman–Crippen LogP) is 2.05. The minimum Gasteiger partial charge on any atom is -0.469 e. The fraction of sp³-hybridized carbons (Fsp3) is 0.412. The lowest BCUT2D eigenvalue weighted by Crippen LogP contribution is -2.26. The maximum atomic E-state index is 11.9. The zero-order valence-corrected chi connectivity index (χ0v) is 15.4. The van der Waals surface area contributed by atoms with E-state index in [1.165, 1.54) is 18.9 Å². The molecule has 0 aliphatic rings. The number of hydrogen-bond donors (Lipinski definition) is 1. The topological polar surface area (TPSA) is 86.1 Å². The van der Waals surface area contributed by atoms with Crippen LogP contribution in [0.25, 0.3) is 5.69 Å². The third-order valence-electron chi connectivity index (χ3n) is 3.59. The molecule has 0 spiro atoms. The summed E-state index contributed by atoms with van der Waals surface area (Å²) in [5.41, 5.74) is 2.12. The molecule has 2 aromatic rings. The van der Waals surface area contributed by atoms with Gasteiger partial charge in [-0.25, -0.2) is 0 Å². The molecule has 0 bridgehead atoms. The van der Waals surface area contributed by atoms with Gasteiger partial charge >= 0.3 is 5.97 Å². The number of para-hydroxylation sites is 1. The number of nitrogens with one attached hydrogen (secondary N) is 1. The van der Waals surface area contributed by atoms with Crippen LogP contribution in [-0.2, 0) is 14.3 Å². The summed E-state index contributed by atoms with van der Waals surface area (Å²) in [6, 6.07) is 7.97. The van der Waals surface area contributed by atoms with Crippen molar-refractivity contribution in [1.29, 1.82) is 0 Å². The molecule has 1 heterocycles. The molecule has 1 amide bonds. The van der Waals surface area contributed by atoms with E-state index in [1.807, 2.05) is 42.7 Å². The molecular weight excluding hydrogens is 340 g/mol. The van der Waals surface area contributed by atoms with E-state index in [9.17, 15) is 9.59 Å². The molecule has 0 saturated heterocycles. The van der Waals surface area contributed by atoms with Crippen LogP contribution in [0.1, 0.15) is 24.2 Å². The molecule has 0 radical (unpaired) electrons. The average molecular weight is 362 g/mol. The van der Waals surface area contributed by atoms with Crippen LogP contribution < -0.4 is 5.32 Å². The number of carbonyl (C=O) groups excluding carboxylic acids is 2. The van der Waals surface area contributed by atoms with Gasteiger partial charge in [0.2, 0.25) is 5.91 Å². The van der Waals surface area contributed by atoms with Crippen LogP contribution >= 0.6 is 11.8 Å².